The van der Waals surface area contributed by atoms with Crippen molar-refractivity contribution in [3.63, 3.8) is 0 Å². The molecule has 4 nitrogen and oxygen atoms in total. The van der Waals surface area contributed by atoms with Gasteiger partial charge in [0.05, 0.1) is 0 Å². The van der Waals surface area contributed by atoms with Crippen LogP contribution in [0.5, 0.6) is 0 Å². The lowest BCUT2D eigenvalue weighted by Crippen LogP contribution is -1.66. The van der Waals surface area contributed by atoms with Crippen LogP contribution in [0.25, 0.3) is 0 Å². The molecule has 0 aromatic heterocycles. The van der Waals surface area contributed by atoms with Gasteiger partial charge in [-0.1, -0.05) is 0 Å². The van der Waals surface area contributed by atoms with Crippen molar-refractivity contribution >= 4 is 25.2 Å². The van der Waals surface area contributed by atoms with E-state index < -0.39 is 7.82 Å². The highest BCUT2D eigenvalue weighted by molar-refractivity contribution is 7.45. The molecule has 0 amide bonds. The molecule has 0 atom stereocenters. The van der Waals surface area contributed by atoms with E-state index in [0.29, 0.717) is 0 Å². The highest BCUT2D eigenvalue weighted by Gasteiger charge is 2.00. The largest absolute Gasteiger partial charge is 1.00 e. The van der Waals surface area contributed by atoms with Crippen molar-refractivity contribution in [3.05, 3.63) is 0 Å². The van der Waals surface area contributed by atoms with Gasteiger partial charge < -0.3 is 14.7 Å². The fraction of sp³-hybridized carbons (Fsp3) is 0. The highest BCUT2D eigenvalue weighted by atomic mass is 31.2. The molecule has 0 heterocycles. The molecule has 6 heavy (non-hydrogen) atoms. The Morgan fingerprint density at radius 3 is 1.33 bits per heavy atom. The summed E-state index contributed by atoms with van der Waals surface area (Å²) in [5.74, 6) is 0. The fourth-order valence-corrected chi connectivity index (χ4v) is 0. The minimum absolute atomic E-state index is 0. The Morgan fingerprint density at radius 2 is 1.33 bits per heavy atom. The molecule has 3 N–H and O–H groups in total. The molecule has 0 aromatic carbocycles. The second kappa shape index (κ2) is 2.76. The standard InChI is InChI=1S/Al.H3O4P.3H/c;1-5(2,3)4;;;/h;(H3,1,2,3,4);;;/p+1. The van der Waals surface area contributed by atoms with E-state index in [4.69, 9.17) is 19.2 Å². The average molecular weight is 129 g/mol. The zero-order valence-corrected chi connectivity index (χ0v) is 3.09. The van der Waals surface area contributed by atoms with Crippen molar-refractivity contribution in [1.29, 1.82) is 0 Å². The maximum absolute atomic E-state index is 8.88. The Morgan fingerprint density at radius 1 is 1.33 bits per heavy atom. The average Bonchev–Trinajstić information content (AvgIpc) is 0.722. The van der Waals surface area contributed by atoms with E-state index in [1.54, 1.807) is 0 Å². The van der Waals surface area contributed by atoms with Crippen molar-refractivity contribution in [2.24, 2.45) is 0 Å². The summed E-state index contributed by atoms with van der Waals surface area (Å²) in [5.41, 5.74) is 0. The van der Waals surface area contributed by atoms with Crippen LogP contribution < -0.4 is 0 Å². The fourth-order valence-electron chi connectivity index (χ4n) is 0. The van der Waals surface area contributed by atoms with Gasteiger partial charge in [-0.15, -0.1) is 0 Å². The summed E-state index contributed by atoms with van der Waals surface area (Å²) in [4.78, 5) is 21.6. The number of rotatable bonds is 0. The summed E-state index contributed by atoms with van der Waals surface area (Å²) >= 11 is 0. The van der Waals surface area contributed by atoms with Crippen LogP contribution in [0.15, 0.2) is 0 Å². The molecule has 0 fully saturated rings. The van der Waals surface area contributed by atoms with Crippen LogP contribution in [0.4, 0.5) is 0 Å². The minimum atomic E-state index is -4.64. The SMILES string of the molecule is O=P(O)(O)O.[AlH3].[H+]. The molecule has 0 bridgehead atoms. The van der Waals surface area contributed by atoms with Crippen molar-refractivity contribution in [2.45, 2.75) is 0 Å². The smallest absolute Gasteiger partial charge is 0.303 e. The molecule has 0 radical (unpaired) electrons. The molecule has 0 aliphatic carbocycles. The van der Waals surface area contributed by atoms with Gasteiger partial charge in [0, 0.05) is 0 Å². The van der Waals surface area contributed by atoms with Crippen LogP contribution in [0, 0.1) is 0 Å². The van der Waals surface area contributed by atoms with Gasteiger partial charge >= 0.3 is 9.25 Å². The number of phosphoric acid groups is 1. The van der Waals surface area contributed by atoms with E-state index in [1.165, 1.54) is 0 Å². The molecular formula is H7AlO4P+. The highest BCUT2D eigenvalue weighted by Crippen LogP contribution is 2.25. The van der Waals surface area contributed by atoms with Crippen LogP contribution in [0.2, 0.25) is 0 Å². The van der Waals surface area contributed by atoms with E-state index in [0.717, 1.165) is 0 Å². The van der Waals surface area contributed by atoms with Gasteiger partial charge in [-0.25, -0.2) is 4.57 Å². The summed E-state index contributed by atoms with van der Waals surface area (Å²) in [7, 11) is -4.64. The van der Waals surface area contributed by atoms with Crippen LogP contribution >= 0.6 is 7.82 Å². The lowest BCUT2D eigenvalue weighted by Gasteiger charge is -1.82. The Kier molecular flexibility index (Phi) is 4.51. The molecule has 0 saturated heterocycles. The van der Waals surface area contributed by atoms with Crippen LogP contribution in [0.1, 0.15) is 1.43 Å². The maximum Gasteiger partial charge on any atom is 1.00 e. The summed E-state index contributed by atoms with van der Waals surface area (Å²) in [6.45, 7) is 0. The summed E-state index contributed by atoms with van der Waals surface area (Å²) in [6.07, 6.45) is 0. The third-order valence-corrected chi connectivity index (χ3v) is 0. The topological polar surface area (TPSA) is 77.8 Å². The number of hydrogen-bond donors (Lipinski definition) is 3. The second-order valence-corrected chi connectivity index (χ2v) is 1.54. The minimum Gasteiger partial charge on any atom is -0.303 e. The van der Waals surface area contributed by atoms with Gasteiger partial charge in [0.15, 0.2) is 17.4 Å². The normalized spacial score (nSPS) is 9.83. The van der Waals surface area contributed by atoms with Gasteiger partial charge in [0.25, 0.3) is 0 Å². The zero-order valence-electron chi connectivity index (χ0n) is 3.20. The lowest BCUT2D eigenvalue weighted by molar-refractivity contribution is 0.275. The van der Waals surface area contributed by atoms with Gasteiger partial charge in [-0.05, 0) is 0 Å². The second-order valence-electron chi connectivity index (χ2n) is 0.513. The third kappa shape index (κ3) is 149. The zero-order chi connectivity index (χ0) is 4.50. The van der Waals surface area contributed by atoms with Gasteiger partial charge in [0.2, 0.25) is 0 Å². The predicted octanol–water partition coefficient (Wildman–Crippen LogP) is -2.00. The molecular weight excluding hydrogens is 122 g/mol. The van der Waals surface area contributed by atoms with Crippen LogP contribution in [-0.2, 0) is 4.57 Å². The summed E-state index contributed by atoms with van der Waals surface area (Å²) < 4.78 is 8.88. The first-order valence-corrected chi connectivity index (χ1v) is 2.35. The Balaban J connectivity index is -0.0000000800. The van der Waals surface area contributed by atoms with Gasteiger partial charge in [-0.2, -0.15) is 0 Å². The van der Waals surface area contributed by atoms with Crippen LogP contribution in [-0.4, -0.2) is 32.0 Å². The molecule has 0 unspecified atom stereocenters. The molecule has 6 heteroatoms. The third-order valence-electron chi connectivity index (χ3n) is 0. The maximum atomic E-state index is 8.88. The summed E-state index contributed by atoms with van der Waals surface area (Å²) in [5, 5.41) is 0. The Labute approximate surface area is 46.7 Å². The van der Waals surface area contributed by atoms with Crippen molar-refractivity contribution < 1.29 is 20.7 Å². The van der Waals surface area contributed by atoms with Gasteiger partial charge in [-0.3, -0.25) is 0 Å². The molecule has 0 aromatic rings. The Hall–Kier alpha value is 0.642. The first-order chi connectivity index (χ1) is 2.00. The number of hydrogen-bond acceptors (Lipinski definition) is 1. The molecule has 0 rings (SSSR count). The van der Waals surface area contributed by atoms with E-state index in [9.17, 15) is 0 Å². The van der Waals surface area contributed by atoms with Crippen molar-refractivity contribution in [1.82, 2.24) is 0 Å². The van der Waals surface area contributed by atoms with E-state index in [1.807, 2.05) is 0 Å². The monoisotopic (exact) mass is 129 g/mol. The van der Waals surface area contributed by atoms with E-state index in [-0.39, 0.29) is 18.8 Å². The lowest BCUT2D eigenvalue weighted by atomic mass is 15.8. The first-order valence-electron chi connectivity index (χ1n) is 0.783. The van der Waals surface area contributed by atoms with Crippen LogP contribution in [0.3, 0.4) is 0 Å². The predicted molar refractivity (Wildman–Crippen MR) is 25.3 cm³/mol. The van der Waals surface area contributed by atoms with Gasteiger partial charge in [0.1, 0.15) is 0 Å². The molecule has 38 valence electrons. The molecule has 0 aliphatic rings. The van der Waals surface area contributed by atoms with Crippen molar-refractivity contribution in [2.75, 3.05) is 0 Å². The molecule has 0 aliphatic heterocycles. The van der Waals surface area contributed by atoms with E-state index >= 15 is 0 Å². The summed E-state index contributed by atoms with van der Waals surface area (Å²) in [6, 6.07) is 0. The van der Waals surface area contributed by atoms with E-state index in [2.05, 4.69) is 0 Å². The molecule has 0 spiro atoms. The first kappa shape index (κ1) is 9.81. The molecule has 0 saturated carbocycles. The van der Waals surface area contributed by atoms with Crippen molar-refractivity contribution in [3.8, 4) is 0 Å². The Bertz CT molecular complexity index is 57.8. The quantitative estimate of drug-likeness (QED) is 0.261.